The van der Waals surface area contributed by atoms with Crippen molar-refractivity contribution < 1.29 is 9.53 Å². The minimum atomic E-state index is -0.573. The molecule has 0 saturated carbocycles. The maximum Gasteiger partial charge on any atom is 0.296 e. The molecule has 1 fully saturated rings. The van der Waals surface area contributed by atoms with Crippen LogP contribution in [-0.4, -0.2) is 43.0 Å². The number of hydrogen-bond donors (Lipinski definition) is 1. The summed E-state index contributed by atoms with van der Waals surface area (Å²) >= 11 is 0. The topological polar surface area (TPSA) is 53.9 Å². The molecule has 0 unspecified atom stereocenters. The molecule has 0 bridgehead atoms. The van der Waals surface area contributed by atoms with Crippen molar-refractivity contribution >= 4 is 11.9 Å². The monoisotopic (exact) mass is 245 g/mol. The average Bonchev–Trinajstić information content (AvgIpc) is 2.83. The van der Waals surface area contributed by atoms with Gasteiger partial charge in [-0.2, -0.15) is 4.99 Å². The summed E-state index contributed by atoms with van der Waals surface area (Å²) in [5.41, 5.74) is 0.858. The average molecular weight is 245 g/mol. The van der Waals surface area contributed by atoms with Crippen LogP contribution in [0, 0.1) is 0 Å². The summed E-state index contributed by atoms with van der Waals surface area (Å²) in [4.78, 5) is 17.9. The Morgan fingerprint density at radius 1 is 1.22 bits per heavy atom. The van der Waals surface area contributed by atoms with E-state index in [1.54, 1.807) is 0 Å². The van der Waals surface area contributed by atoms with Crippen LogP contribution in [-0.2, 0) is 9.53 Å². The first-order chi connectivity index (χ1) is 8.84. The number of ether oxygens (including phenoxy) is 1. The van der Waals surface area contributed by atoms with Crippen molar-refractivity contribution in [3.63, 3.8) is 0 Å². The second kappa shape index (κ2) is 4.78. The summed E-state index contributed by atoms with van der Waals surface area (Å²) in [6.07, 6.45) is -0.573. The van der Waals surface area contributed by atoms with Crippen LogP contribution in [0.25, 0.3) is 0 Å². The van der Waals surface area contributed by atoms with E-state index >= 15 is 0 Å². The molecule has 1 amide bonds. The summed E-state index contributed by atoms with van der Waals surface area (Å²) in [5.74, 6) is -0.213. The van der Waals surface area contributed by atoms with Gasteiger partial charge in [0.15, 0.2) is 0 Å². The fraction of sp³-hybridized carbons (Fsp3) is 0.385. The van der Waals surface area contributed by atoms with Crippen LogP contribution in [0.3, 0.4) is 0 Å². The Balaban J connectivity index is 1.74. The van der Waals surface area contributed by atoms with Crippen molar-refractivity contribution in [3.8, 4) is 0 Å². The molecule has 94 valence electrons. The number of carbonyl (C=O) groups excluding carboxylic acids is 1. The van der Waals surface area contributed by atoms with Crippen LogP contribution >= 0.6 is 0 Å². The lowest BCUT2D eigenvalue weighted by Crippen LogP contribution is -2.46. The molecule has 5 heteroatoms. The standard InChI is InChI=1S/C13H15N3O2/c17-12-11(10-4-2-1-3-5-10)18-13(15-12)16-8-6-14-7-9-16/h1-5,11,14H,6-9H2/t11-/m1/s1. The molecular weight excluding hydrogens is 230 g/mol. The lowest BCUT2D eigenvalue weighted by atomic mass is 10.1. The SMILES string of the molecule is O=C1N=C(N2CCNCC2)O[C@@H]1c1ccccc1. The van der Waals surface area contributed by atoms with E-state index in [2.05, 4.69) is 10.3 Å². The molecule has 1 aromatic carbocycles. The van der Waals surface area contributed by atoms with E-state index in [0.29, 0.717) is 6.02 Å². The number of hydrogen-bond acceptors (Lipinski definition) is 4. The summed E-state index contributed by atoms with van der Waals surface area (Å²) in [6.45, 7) is 3.44. The van der Waals surface area contributed by atoms with Gasteiger partial charge in [-0.25, -0.2) is 0 Å². The van der Waals surface area contributed by atoms with E-state index in [1.165, 1.54) is 0 Å². The minimum absolute atomic E-state index is 0.213. The number of carbonyl (C=O) groups is 1. The first-order valence-corrected chi connectivity index (χ1v) is 6.14. The van der Waals surface area contributed by atoms with Gasteiger partial charge in [0.1, 0.15) is 0 Å². The third-order valence-corrected chi connectivity index (χ3v) is 3.14. The molecule has 0 radical (unpaired) electrons. The third-order valence-electron chi connectivity index (χ3n) is 3.14. The van der Waals surface area contributed by atoms with Gasteiger partial charge in [0, 0.05) is 31.7 Å². The van der Waals surface area contributed by atoms with Crippen LogP contribution in [0.15, 0.2) is 35.3 Å². The van der Waals surface area contributed by atoms with Crippen molar-refractivity contribution in [1.82, 2.24) is 10.2 Å². The second-order valence-electron chi connectivity index (χ2n) is 4.38. The zero-order chi connectivity index (χ0) is 12.4. The Bertz CT molecular complexity index is 466. The molecule has 18 heavy (non-hydrogen) atoms. The van der Waals surface area contributed by atoms with Crippen LogP contribution in [0.5, 0.6) is 0 Å². The number of amides is 1. The first-order valence-electron chi connectivity index (χ1n) is 6.14. The number of nitrogens with one attached hydrogen (secondary N) is 1. The normalized spacial score (nSPS) is 23.8. The predicted molar refractivity (Wildman–Crippen MR) is 67.2 cm³/mol. The number of benzene rings is 1. The van der Waals surface area contributed by atoms with E-state index in [1.807, 2.05) is 35.2 Å². The highest BCUT2D eigenvalue weighted by molar-refractivity contribution is 5.99. The molecule has 1 N–H and O–H groups in total. The van der Waals surface area contributed by atoms with E-state index in [-0.39, 0.29) is 5.91 Å². The summed E-state index contributed by atoms with van der Waals surface area (Å²) in [6, 6.07) is 9.96. The molecule has 0 spiro atoms. The van der Waals surface area contributed by atoms with Gasteiger partial charge in [-0.3, -0.25) is 4.79 Å². The Morgan fingerprint density at radius 2 is 1.94 bits per heavy atom. The molecule has 0 aliphatic carbocycles. The van der Waals surface area contributed by atoms with Gasteiger partial charge in [0.05, 0.1) is 0 Å². The van der Waals surface area contributed by atoms with Crippen molar-refractivity contribution in [2.24, 2.45) is 4.99 Å². The molecule has 2 aliphatic heterocycles. The number of rotatable bonds is 1. The summed E-state index contributed by atoms with van der Waals surface area (Å²) < 4.78 is 5.70. The molecular formula is C13H15N3O2. The molecule has 3 rings (SSSR count). The number of aliphatic imine (C=N–C) groups is 1. The van der Waals surface area contributed by atoms with Gasteiger partial charge in [0.25, 0.3) is 11.9 Å². The zero-order valence-electron chi connectivity index (χ0n) is 10.0. The van der Waals surface area contributed by atoms with Gasteiger partial charge in [-0.15, -0.1) is 0 Å². The Hall–Kier alpha value is -1.88. The van der Waals surface area contributed by atoms with Crippen LogP contribution in [0.2, 0.25) is 0 Å². The molecule has 2 aliphatic rings. The van der Waals surface area contributed by atoms with Crippen molar-refractivity contribution in [1.29, 1.82) is 0 Å². The van der Waals surface area contributed by atoms with Gasteiger partial charge in [-0.1, -0.05) is 30.3 Å². The quantitative estimate of drug-likeness (QED) is 0.785. The van der Waals surface area contributed by atoms with Crippen molar-refractivity contribution in [2.45, 2.75) is 6.10 Å². The fourth-order valence-electron chi connectivity index (χ4n) is 2.17. The van der Waals surface area contributed by atoms with E-state index < -0.39 is 6.10 Å². The Kier molecular flexibility index (Phi) is 2.98. The van der Waals surface area contributed by atoms with Crippen molar-refractivity contribution in [3.05, 3.63) is 35.9 Å². The van der Waals surface area contributed by atoms with Crippen LogP contribution < -0.4 is 5.32 Å². The highest BCUT2D eigenvalue weighted by Gasteiger charge is 2.33. The predicted octanol–water partition coefficient (Wildman–Crippen LogP) is 0.546. The highest BCUT2D eigenvalue weighted by Crippen LogP contribution is 2.25. The van der Waals surface area contributed by atoms with Crippen molar-refractivity contribution in [2.75, 3.05) is 26.2 Å². The molecule has 0 aromatic heterocycles. The molecule has 1 atom stereocenters. The Morgan fingerprint density at radius 3 is 2.67 bits per heavy atom. The van der Waals surface area contributed by atoms with E-state index in [4.69, 9.17) is 4.74 Å². The molecule has 2 heterocycles. The number of amidine groups is 1. The number of piperazine rings is 1. The first kappa shape index (κ1) is 11.2. The lowest BCUT2D eigenvalue weighted by molar-refractivity contribution is -0.123. The summed E-state index contributed by atoms with van der Waals surface area (Å²) in [7, 11) is 0. The van der Waals surface area contributed by atoms with Crippen LogP contribution in [0.4, 0.5) is 0 Å². The maximum atomic E-state index is 11.9. The minimum Gasteiger partial charge on any atom is -0.446 e. The molecule has 5 nitrogen and oxygen atoms in total. The van der Waals surface area contributed by atoms with Gasteiger partial charge in [-0.05, 0) is 0 Å². The van der Waals surface area contributed by atoms with Gasteiger partial charge in [0.2, 0.25) is 6.10 Å². The second-order valence-corrected chi connectivity index (χ2v) is 4.38. The summed E-state index contributed by atoms with van der Waals surface area (Å²) in [5, 5.41) is 3.26. The lowest BCUT2D eigenvalue weighted by Gasteiger charge is -2.28. The van der Waals surface area contributed by atoms with Gasteiger partial charge < -0.3 is 15.0 Å². The number of nitrogens with zero attached hydrogens (tertiary/aromatic N) is 2. The maximum absolute atomic E-state index is 11.9. The molecule has 1 saturated heterocycles. The third kappa shape index (κ3) is 2.09. The molecule has 1 aromatic rings. The van der Waals surface area contributed by atoms with Crippen LogP contribution in [0.1, 0.15) is 11.7 Å². The van der Waals surface area contributed by atoms with E-state index in [0.717, 1.165) is 31.7 Å². The fourth-order valence-corrected chi connectivity index (χ4v) is 2.17. The Labute approximate surface area is 105 Å². The smallest absolute Gasteiger partial charge is 0.296 e. The zero-order valence-corrected chi connectivity index (χ0v) is 10.0. The van der Waals surface area contributed by atoms with E-state index in [9.17, 15) is 4.79 Å². The van der Waals surface area contributed by atoms with Gasteiger partial charge >= 0.3 is 0 Å². The largest absolute Gasteiger partial charge is 0.446 e. The highest BCUT2D eigenvalue weighted by atomic mass is 16.5.